The molecule has 0 aliphatic carbocycles. The molecule has 29 heavy (non-hydrogen) atoms. The molecule has 10 heteroatoms. The van der Waals surface area contributed by atoms with Crippen molar-refractivity contribution in [2.45, 2.75) is 13.3 Å². The highest BCUT2D eigenvalue weighted by molar-refractivity contribution is 7.80. The molecule has 0 aliphatic rings. The van der Waals surface area contributed by atoms with Crippen LogP contribution in [-0.2, 0) is 9.59 Å². The molecule has 0 atom stereocenters. The molecule has 2 aromatic carbocycles. The maximum absolute atomic E-state index is 12.1. The Morgan fingerprint density at radius 2 is 1.69 bits per heavy atom. The molecule has 4 N–H and O–H groups in total. The average Bonchev–Trinajstić information content (AvgIpc) is 2.71. The first-order valence-corrected chi connectivity index (χ1v) is 9.35. The smallest absolute Gasteiger partial charge is 0.269 e. The van der Waals surface area contributed by atoms with Crippen LogP contribution in [0.2, 0.25) is 5.02 Å². The van der Waals surface area contributed by atoms with E-state index >= 15 is 0 Å². The minimum atomic E-state index is -0.521. The SMILES string of the molecule is CCC(=O)Nc1ccc(C(=O)NNC(=S)NC(=O)COc2ccccc2Cl)cc1. The molecule has 3 amide bonds. The number of carbonyl (C=O) groups excluding carboxylic acids is 3. The lowest BCUT2D eigenvalue weighted by Gasteiger charge is -2.12. The Morgan fingerprint density at radius 1 is 1.00 bits per heavy atom. The van der Waals surface area contributed by atoms with Gasteiger partial charge in [-0.25, -0.2) is 0 Å². The molecule has 0 spiro atoms. The summed E-state index contributed by atoms with van der Waals surface area (Å²) in [5.41, 5.74) is 5.71. The largest absolute Gasteiger partial charge is 0.482 e. The summed E-state index contributed by atoms with van der Waals surface area (Å²) in [6.07, 6.45) is 0.360. The van der Waals surface area contributed by atoms with Gasteiger partial charge in [-0.15, -0.1) is 0 Å². The van der Waals surface area contributed by atoms with E-state index in [1.165, 1.54) is 0 Å². The average molecular weight is 435 g/mol. The van der Waals surface area contributed by atoms with Crippen molar-refractivity contribution in [2.75, 3.05) is 11.9 Å². The first-order valence-electron chi connectivity index (χ1n) is 8.56. The van der Waals surface area contributed by atoms with Crippen molar-refractivity contribution in [3.8, 4) is 5.75 Å². The Morgan fingerprint density at radius 3 is 2.34 bits per heavy atom. The standard InChI is InChI=1S/C19H19ClN4O4S/c1-2-16(25)21-13-9-7-12(8-10-13)18(27)23-24-19(29)22-17(26)11-28-15-6-4-3-5-14(15)20/h3-10H,2,11H2,1H3,(H,21,25)(H,23,27)(H2,22,24,26,29). The zero-order valence-electron chi connectivity index (χ0n) is 15.5. The minimum absolute atomic E-state index is 0.0991. The third kappa shape index (κ3) is 7.40. The molecular weight excluding hydrogens is 416 g/mol. The Balaban J connectivity index is 1.75. The van der Waals surface area contributed by atoms with Crippen LogP contribution in [0.1, 0.15) is 23.7 Å². The zero-order valence-corrected chi connectivity index (χ0v) is 17.0. The van der Waals surface area contributed by atoms with E-state index in [0.717, 1.165) is 0 Å². The van der Waals surface area contributed by atoms with Crippen LogP contribution in [0.25, 0.3) is 0 Å². The molecule has 0 heterocycles. The molecule has 0 aromatic heterocycles. The number of ether oxygens (including phenoxy) is 1. The second-order valence-corrected chi connectivity index (χ2v) is 6.47. The van der Waals surface area contributed by atoms with E-state index in [2.05, 4.69) is 21.5 Å². The number of benzene rings is 2. The molecule has 8 nitrogen and oxygen atoms in total. The summed E-state index contributed by atoms with van der Waals surface area (Å²) in [6, 6.07) is 13.0. The van der Waals surface area contributed by atoms with Crippen LogP contribution in [0.5, 0.6) is 5.75 Å². The van der Waals surface area contributed by atoms with E-state index in [9.17, 15) is 14.4 Å². The number of para-hydroxylation sites is 1. The van der Waals surface area contributed by atoms with E-state index in [-0.39, 0.29) is 17.6 Å². The third-order valence-electron chi connectivity index (χ3n) is 3.49. The van der Waals surface area contributed by atoms with E-state index in [4.69, 9.17) is 28.6 Å². The molecule has 0 fully saturated rings. The van der Waals surface area contributed by atoms with Gasteiger partial charge in [0.2, 0.25) is 5.91 Å². The molecule has 2 rings (SSSR count). The van der Waals surface area contributed by atoms with E-state index in [1.54, 1.807) is 55.5 Å². The Bertz CT molecular complexity index is 905. The van der Waals surface area contributed by atoms with Gasteiger partial charge in [0.15, 0.2) is 11.7 Å². The van der Waals surface area contributed by atoms with Gasteiger partial charge in [-0.05, 0) is 48.6 Å². The zero-order chi connectivity index (χ0) is 21.2. The van der Waals surface area contributed by atoms with Gasteiger partial charge < -0.3 is 10.1 Å². The summed E-state index contributed by atoms with van der Waals surface area (Å²) in [5, 5.41) is 5.33. The second kappa shape index (κ2) is 11.0. The molecule has 0 saturated carbocycles. The van der Waals surface area contributed by atoms with Crippen LogP contribution in [0.15, 0.2) is 48.5 Å². The van der Waals surface area contributed by atoms with Crippen molar-refractivity contribution in [3.05, 3.63) is 59.1 Å². The maximum Gasteiger partial charge on any atom is 0.269 e. The summed E-state index contributed by atoms with van der Waals surface area (Å²) in [4.78, 5) is 35.3. The quantitative estimate of drug-likeness (QED) is 0.410. The highest BCUT2D eigenvalue weighted by atomic mass is 35.5. The van der Waals surface area contributed by atoms with Gasteiger partial charge >= 0.3 is 0 Å². The number of anilines is 1. The summed E-state index contributed by atoms with van der Waals surface area (Å²) in [7, 11) is 0. The first kappa shape index (κ1) is 22.1. The Kier molecular flexibility index (Phi) is 8.38. The number of nitrogens with one attached hydrogen (secondary N) is 4. The first-order chi connectivity index (χ1) is 13.9. The van der Waals surface area contributed by atoms with Crippen LogP contribution >= 0.6 is 23.8 Å². The molecule has 0 saturated heterocycles. The monoisotopic (exact) mass is 434 g/mol. The molecule has 0 radical (unpaired) electrons. The number of thiocarbonyl (C=S) groups is 1. The number of hydrazine groups is 1. The predicted molar refractivity (Wildman–Crippen MR) is 114 cm³/mol. The molecule has 2 aromatic rings. The molecule has 0 unspecified atom stereocenters. The van der Waals surface area contributed by atoms with Gasteiger partial charge in [0.25, 0.3) is 11.8 Å². The van der Waals surface area contributed by atoms with Crippen molar-refractivity contribution in [1.29, 1.82) is 0 Å². The fourth-order valence-electron chi connectivity index (χ4n) is 2.04. The van der Waals surface area contributed by atoms with Gasteiger partial charge in [-0.3, -0.25) is 30.6 Å². The predicted octanol–water partition coefficient (Wildman–Crippen LogP) is 2.40. The topological polar surface area (TPSA) is 109 Å². The van der Waals surface area contributed by atoms with Crippen LogP contribution in [0.3, 0.4) is 0 Å². The highest BCUT2D eigenvalue weighted by Crippen LogP contribution is 2.22. The van der Waals surface area contributed by atoms with Crippen LogP contribution in [0, 0.1) is 0 Å². The summed E-state index contributed by atoms with van der Waals surface area (Å²) in [5.74, 6) is -0.742. The van der Waals surface area contributed by atoms with Crippen LogP contribution in [-0.4, -0.2) is 29.4 Å². The van der Waals surface area contributed by atoms with E-state index in [1.807, 2.05) is 0 Å². The van der Waals surface area contributed by atoms with Crippen molar-refractivity contribution >= 4 is 52.3 Å². The van der Waals surface area contributed by atoms with Crippen molar-refractivity contribution in [2.24, 2.45) is 0 Å². The summed E-state index contributed by atoms with van der Waals surface area (Å²) in [6.45, 7) is 1.44. The lowest BCUT2D eigenvalue weighted by Crippen LogP contribution is -2.49. The number of hydrogen-bond acceptors (Lipinski definition) is 5. The molecule has 0 aliphatic heterocycles. The minimum Gasteiger partial charge on any atom is -0.482 e. The number of rotatable bonds is 6. The van der Waals surface area contributed by atoms with Crippen molar-refractivity contribution < 1.29 is 19.1 Å². The Hall–Kier alpha value is -3.17. The normalized spacial score (nSPS) is 9.86. The van der Waals surface area contributed by atoms with Gasteiger partial charge in [0, 0.05) is 17.7 Å². The number of halogens is 1. The van der Waals surface area contributed by atoms with Gasteiger partial charge in [0.1, 0.15) is 5.75 Å². The summed E-state index contributed by atoms with van der Waals surface area (Å²) >= 11 is 10.9. The summed E-state index contributed by atoms with van der Waals surface area (Å²) < 4.78 is 5.29. The molecule has 152 valence electrons. The lowest BCUT2D eigenvalue weighted by atomic mass is 10.2. The second-order valence-electron chi connectivity index (χ2n) is 5.65. The number of amides is 3. The number of carbonyl (C=O) groups is 3. The third-order valence-corrected chi connectivity index (χ3v) is 4.01. The van der Waals surface area contributed by atoms with Crippen molar-refractivity contribution in [1.82, 2.24) is 16.2 Å². The van der Waals surface area contributed by atoms with Gasteiger partial charge in [0.05, 0.1) is 5.02 Å². The fourth-order valence-corrected chi connectivity index (χ4v) is 2.39. The Labute approximate surface area is 177 Å². The lowest BCUT2D eigenvalue weighted by molar-refractivity contribution is -0.121. The number of hydrogen-bond donors (Lipinski definition) is 4. The van der Waals surface area contributed by atoms with Gasteiger partial charge in [-0.1, -0.05) is 30.7 Å². The van der Waals surface area contributed by atoms with Gasteiger partial charge in [-0.2, -0.15) is 0 Å². The maximum atomic E-state index is 12.1. The molecular formula is C19H19ClN4O4S. The fraction of sp³-hybridized carbons (Fsp3) is 0.158. The van der Waals surface area contributed by atoms with Crippen LogP contribution in [0.4, 0.5) is 5.69 Å². The van der Waals surface area contributed by atoms with E-state index in [0.29, 0.717) is 28.4 Å². The molecule has 0 bridgehead atoms. The van der Waals surface area contributed by atoms with Crippen molar-refractivity contribution in [3.63, 3.8) is 0 Å². The highest BCUT2D eigenvalue weighted by Gasteiger charge is 2.10. The van der Waals surface area contributed by atoms with E-state index < -0.39 is 11.8 Å². The van der Waals surface area contributed by atoms with Crippen LogP contribution < -0.4 is 26.2 Å².